The van der Waals surface area contributed by atoms with Gasteiger partial charge in [-0.3, -0.25) is 4.79 Å². The molecule has 0 spiro atoms. The van der Waals surface area contributed by atoms with Crippen molar-refractivity contribution < 1.29 is 28.8 Å². The third kappa shape index (κ3) is 5.00. The quantitative estimate of drug-likeness (QED) is 0.765. The number of methoxy groups -OCH3 is 1. The zero-order valence-electron chi connectivity index (χ0n) is 15.2. The monoisotopic (exact) mass is 372 g/mol. The lowest BCUT2D eigenvalue weighted by Crippen LogP contribution is -2.58. The van der Waals surface area contributed by atoms with E-state index < -0.39 is 31.2 Å². The molecule has 0 radical (unpaired) electrons. The van der Waals surface area contributed by atoms with Crippen LogP contribution in [0, 0.1) is 0 Å². The summed E-state index contributed by atoms with van der Waals surface area (Å²) in [7, 11) is 1.47. The molecule has 2 aromatic carbocycles. The van der Waals surface area contributed by atoms with Crippen LogP contribution in [0.15, 0.2) is 60.7 Å². The molecule has 1 fully saturated rings. The summed E-state index contributed by atoms with van der Waals surface area (Å²) in [5, 5.41) is 9.47. The molecule has 0 saturated carbocycles. The van der Waals surface area contributed by atoms with Gasteiger partial charge in [-0.2, -0.15) is 0 Å². The van der Waals surface area contributed by atoms with Crippen LogP contribution in [0.1, 0.15) is 11.1 Å². The number of hydrogen-bond donors (Lipinski definition) is 1. The molecule has 3 rings (SSSR count). The number of Topliss-reactive ketones (excluding diaryl/α,β-unsaturated/α-hetero) is 1. The number of carbonyl (C=O) groups excluding carboxylic acids is 1. The van der Waals surface area contributed by atoms with E-state index in [4.69, 9.17) is 18.9 Å². The molecule has 1 aliphatic heterocycles. The smallest absolute Gasteiger partial charge is 0.195 e. The summed E-state index contributed by atoms with van der Waals surface area (Å²) in [5.41, 5.74) is 1.90. The molecule has 0 amide bonds. The molecule has 0 aliphatic carbocycles. The van der Waals surface area contributed by atoms with Crippen molar-refractivity contribution in [2.24, 2.45) is 0 Å². The highest BCUT2D eigenvalue weighted by Gasteiger charge is 2.46. The second kappa shape index (κ2) is 9.73. The van der Waals surface area contributed by atoms with Crippen LogP contribution in [0.2, 0.25) is 0 Å². The molecule has 4 atom stereocenters. The first-order valence-electron chi connectivity index (χ1n) is 8.87. The second-order valence-corrected chi connectivity index (χ2v) is 6.29. The topological polar surface area (TPSA) is 74.2 Å². The first-order valence-corrected chi connectivity index (χ1v) is 8.87. The predicted octanol–water partition coefficient (Wildman–Crippen LogP) is 2.09. The van der Waals surface area contributed by atoms with Crippen LogP contribution < -0.4 is 0 Å². The van der Waals surface area contributed by atoms with Crippen LogP contribution in [-0.2, 0) is 37.0 Å². The molecule has 144 valence electrons. The Balaban J connectivity index is 1.74. The average Bonchev–Trinajstić information content (AvgIpc) is 2.73. The first kappa shape index (κ1) is 19.7. The zero-order chi connectivity index (χ0) is 19.1. The number of ketones is 1. The third-order valence-corrected chi connectivity index (χ3v) is 4.42. The summed E-state index contributed by atoms with van der Waals surface area (Å²) < 4.78 is 22.8. The number of rotatable bonds is 8. The van der Waals surface area contributed by atoms with Crippen molar-refractivity contribution in [3.05, 3.63) is 71.8 Å². The lowest BCUT2D eigenvalue weighted by molar-refractivity contribution is -0.268. The van der Waals surface area contributed by atoms with Crippen molar-refractivity contribution in [2.75, 3.05) is 13.7 Å². The van der Waals surface area contributed by atoms with Gasteiger partial charge in [0, 0.05) is 7.11 Å². The van der Waals surface area contributed by atoms with E-state index in [9.17, 15) is 9.90 Å². The Hall–Kier alpha value is -2.09. The highest BCUT2D eigenvalue weighted by Crippen LogP contribution is 2.25. The molecule has 6 heteroatoms. The summed E-state index contributed by atoms with van der Waals surface area (Å²) in [6.45, 7) is 0.101. The maximum atomic E-state index is 12.7. The maximum Gasteiger partial charge on any atom is 0.195 e. The van der Waals surface area contributed by atoms with E-state index in [-0.39, 0.29) is 19.0 Å². The number of benzene rings is 2. The number of aliphatic hydroxyl groups is 1. The van der Waals surface area contributed by atoms with Crippen molar-refractivity contribution in [2.45, 2.75) is 37.8 Å². The van der Waals surface area contributed by atoms with Crippen molar-refractivity contribution >= 4 is 5.78 Å². The van der Waals surface area contributed by atoms with Gasteiger partial charge in [-0.1, -0.05) is 60.7 Å². The summed E-state index contributed by atoms with van der Waals surface area (Å²) >= 11 is 0. The van der Waals surface area contributed by atoms with Crippen molar-refractivity contribution in [3.63, 3.8) is 0 Å². The Morgan fingerprint density at radius 1 is 0.926 bits per heavy atom. The molecule has 1 heterocycles. The molecular weight excluding hydrogens is 348 g/mol. The molecule has 0 aromatic heterocycles. The van der Waals surface area contributed by atoms with Crippen LogP contribution in [0.4, 0.5) is 0 Å². The van der Waals surface area contributed by atoms with Crippen molar-refractivity contribution in [1.29, 1.82) is 0 Å². The lowest BCUT2D eigenvalue weighted by atomic mass is 10.0. The Morgan fingerprint density at radius 3 is 2.00 bits per heavy atom. The van der Waals surface area contributed by atoms with Crippen LogP contribution in [0.3, 0.4) is 0 Å². The van der Waals surface area contributed by atoms with E-state index >= 15 is 0 Å². The maximum absolute atomic E-state index is 12.7. The lowest BCUT2D eigenvalue weighted by Gasteiger charge is -2.39. The van der Waals surface area contributed by atoms with Gasteiger partial charge in [0.15, 0.2) is 18.2 Å². The van der Waals surface area contributed by atoms with Gasteiger partial charge in [0.1, 0.15) is 12.2 Å². The number of aliphatic hydroxyl groups excluding tert-OH is 1. The van der Waals surface area contributed by atoms with E-state index in [1.165, 1.54) is 7.11 Å². The molecule has 1 aliphatic rings. The van der Waals surface area contributed by atoms with Crippen molar-refractivity contribution in [3.8, 4) is 0 Å². The van der Waals surface area contributed by atoms with Gasteiger partial charge < -0.3 is 24.1 Å². The number of carbonyl (C=O) groups is 1. The van der Waals surface area contributed by atoms with E-state index in [1.54, 1.807) is 0 Å². The molecular formula is C21H24O6. The highest BCUT2D eigenvalue weighted by molar-refractivity contribution is 5.89. The Labute approximate surface area is 158 Å². The zero-order valence-corrected chi connectivity index (χ0v) is 15.2. The highest BCUT2D eigenvalue weighted by atomic mass is 16.7. The van der Waals surface area contributed by atoms with E-state index in [0.717, 1.165) is 11.1 Å². The van der Waals surface area contributed by atoms with Crippen LogP contribution >= 0.6 is 0 Å². The number of ether oxygens (including phenoxy) is 4. The van der Waals surface area contributed by atoms with Crippen LogP contribution in [0.25, 0.3) is 0 Å². The average molecular weight is 372 g/mol. The first-order chi connectivity index (χ1) is 13.2. The molecule has 0 bridgehead atoms. The van der Waals surface area contributed by atoms with Gasteiger partial charge in [0.2, 0.25) is 0 Å². The largest absolute Gasteiger partial charge is 0.393 e. The fraction of sp³-hybridized carbons (Fsp3) is 0.381. The minimum Gasteiger partial charge on any atom is -0.393 e. The molecule has 1 N–H and O–H groups in total. The van der Waals surface area contributed by atoms with E-state index in [2.05, 4.69) is 0 Å². The predicted molar refractivity (Wildman–Crippen MR) is 97.8 cm³/mol. The number of hydrogen-bond acceptors (Lipinski definition) is 6. The summed E-state index contributed by atoms with van der Waals surface area (Å²) in [6, 6.07) is 19.2. The van der Waals surface area contributed by atoms with Gasteiger partial charge in [0.25, 0.3) is 0 Å². The Morgan fingerprint density at radius 2 is 1.48 bits per heavy atom. The summed E-state index contributed by atoms with van der Waals surface area (Å²) in [6.07, 6.45) is -3.45. The Bertz CT molecular complexity index is 705. The standard InChI is InChI=1S/C21H24O6/c1-24-21-20(26-14-16-10-6-3-7-11-16)19(18(23)17(12-22)27-21)25-13-15-8-4-2-5-9-15/h2-11,17,19-22H,12-14H2,1H3/t17-,19+,20+,21+/m1/s1. The normalized spacial score (nSPS) is 25.5. The third-order valence-electron chi connectivity index (χ3n) is 4.42. The molecule has 0 unspecified atom stereocenters. The van der Waals surface area contributed by atoms with Gasteiger partial charge in [0.05, 0.1) is 19.8 Å². The molecule has 6 nitrogen and oxygen atoms in total. The summed E-state index contributed by atoms with van der Waals surface area (Å²) in [4.78, 5) is 12.7. The Kier molecular flexibility index (Phi) is 7.09. The van der Waals surface area contributed by atoms with Gasteiger partial charge >= 0.3 is 0 Å². The van der Waals surface area contributed by atoms with E-state index in [1.807, 2.05) is 60.7 Å². The van der Waals surface area contributed by atoms with Crippen LogP contribution in [-0.4, -0.2) is 49.2 Å². The minimum atomic E-state index is -0.993. The summed E-state index contributed by atoms with van der Waals surface area (Å²) in [5.74, 6) is -0.347. The van der Waals surface area contributed by atoms with Crippen LogP contribution in [0.5, 0.6) is 0 Å². The molecule has 2 aromatic rings. The van der Waals surface area contributed by atoms with Crippen molar-refractivity contribution in [1.82, 2.24) is 0 Å². The minimum absolute atomic E-state index is 0.247. The van der Waals surface area contributed by atoms with Gasteiger partial charge in [-0.05, 0) is 11.1 Å². The second-order valence-electron chi connectivity index (χ2n) is 6.29. The van der Waals surface area contributed by atoms with Gasteiger partial charge in [-0.15, -0.1) is 0 Å². The molecule has 27 heavy (non-hydrogen) atoms. The van der Waals surface area contributed by atoms with E-state index in [0.29, 0.717) is 0 Å². The fourth-order valence-corrected chi connectivity index (χ4v) is 2.99. The SMILES string of the molecule is CO[C@H]1O[C@H](CO)C(=O)[C@H](OCc2ccccc2)[C@@H]1OCc1ccccc1. The van der Waals surface area contributed by atoms with Gasteiger partial charge in [-0.25, -0.2) is 0 Å². The molecule has 1 saturated heterocycles. The fourth-order valence-electron chi connectivity index (χ4n) is 2.99.